The van der Waals surface area contributed by atoms with Gasteiger partial charge in [0.2, 0.25) is 0 Å². The van der Waals surface area contributed by atoms with Gasteiger partial charge in [0.1, 0.15) is 5.75 Å². The zero-order valence-corrected chi connectivity index (χ0v) is 13.9. The van der Waals surface area contributed by atoms with Crippen molar-refractivity contribution in [3.8, 4) is 5.75 Å². The van der Waals surface area contributed by atoms with Crippen LogP contribution >= 0.6 is 0 Å². The minimum absolute atomic E-state index is 0.0298. The third-order valence-electron chi connectivity index (χ3n) is 3.66. The monoisotopic (exact) mass is 338 g/mol. The largest absolute Gasteiger partial charge is 0.484 e. The van der Waals surface area contributed by atoms with Crippen LogP contribution < -0.4 is 10.1 Å². The molecule has 1 aromatic heterocycles. The lowest BCUT2D eigenvalue weighted by atomic mass is 10.2. The van der Waals surface area contributed by atoms with Gasteiger partial charge in [0, 0.05) is 25.2 Å². The quantitative estimate of drug-likeness (QED) is 0.747. The van der Waals surface area contributed by atoms with Gasteiger partial charge in [-0.3, -0.25) is 14.7 Å². The van der Waals surface area contributed by atoms with Gasteiger partial charge in [-0.25, -0.2) is 0 Å². The molecule has 0 saturated carbocycles. The molecule has 0 fully saturated rings. The number of likely N-dealkylation sites (N-methyl/N-ethyl adjacent to an activating group) is 1. The Morgan fingerprint density at radius 3 is 2.56 bits per heavy atom. The van der Waals surface area contributed by atoms with Crippen LogP contribution in [-0.2, 0) is 4.79 Å². The van der Waals surface area contributed by atoms with E-state index in [0.29, 0.717) is 17.1 Å². The third kappa shape index (κ3) is 3.77. The molecule has 0 spiro atoms. The van der Waals surface area contributed by atoms with Gasteiger partial charge < -0.3 is 15.0 Å². The molecule has 2 amide bonds. The number of amides is 2. The van der Waals surface area contributed by atoms with Crippen LogP contribution in [0.4, 0.5) is 5.69 Å². The average molecular weight is 338 g/mol. The fourth-order valence-corrected chi connectivity index (χ4v) is 2.24. The number of ether oxygens (including phenoxy) is 1. The van der Waals surface area contributed by atoms with Crippen LogP contribution in [0.25, 0.3) is 10.9 Å². The Balaban J connectivity index is 1.65. The van der Waals surface area contributed by atoms with Crippen LogP contribution in [0.5, 0.6) is 5.75 Å². The maximum Gasteiger partial charge on any atom is 0.276 e. The van der Waals surface area contributed by atoms with Gasteiger partial charge in [0.15, 0.2) is 12.3 Å². The number of aromatic nitrogens is 2. The van der Waals surface area contributed by atoms with Gasteiger partial charge in [-0.15, -0.1) is 0 Å². The van der Waals surface area contributed by atoms with Crippen LogP contribution in [-0.4, -0.2) is 47.6 Å². The van der Waals surface area contributed by atoms with Crippen molar-refractivity contribution < 1.29 is 14.3 Å². The lowest BCUT2D eigenvalue weighted by Crippen LogP contribution is -2.27. The van der Waals surface area contributed by atoms with Gasteiger partial charge in [-0.1, -0.05) is 18.2 Å². The van der Waals surface area contributed by atoms with Crippen LogP contribution in [0, 0.1) is 0 Å². The van der Waals surface area contributed by atoms with Crippen molar-refractivity contribution in [3.63, 3.8) is 0 Å². The summed E-state index contributed by atoms with van der Waals surface area (Å²) in [6.45, 7) is -0.0298. The predicted octanol–water partition coefficient (Wildman–Crippen LogP) is 2.28. The number of aromatic amines is 1. The first kappa shape index (κ1) is 16.5. The van der Waals surface area contributed by atoms with E-state index < -0.39 is 0 Å². The summed E-state index contributed by atoms with van der Waals surface area (Å²) in [5.41, 5.74) is 1.76. The van der Waals surface area contributed by atoms with E-state index in [1.165, 1.54) is 4.90 Å². The Bertz CT molecular complexity index is 900. The fourth-order valence-electron chi connectivity index (χ4n) is 2.24. The van der Waals surface area contributed by atoms with Crippen molar-refractivity contribution in [1.29, 1.82) is 0 Å². The minimum Gasteiger partial charge on any atom is -0.484 e. The van der Waals surface area contributed by atoms with Gasteiger partial charge in [0.05, 0.1) is 5.52 Å². The Hall–Kier alpha value is -3.35. The Morgan fingerprint density at radius 2 is 1.84 bits per heavy atom. The highest BCUT2D eigenvalue weighted by molar-refractivity contribution is 6.11. The third-order valence-corrected chi connectivity index (χ3v) is 3.66. The summed E-state index contributed by atoms with van der Waals surface area (Å²) in [6.07, 6.45) is 0. The van der Waals surface area contributed by atoms with Crippen molar-refractivity contribution in [3.05, 3.63) is 54.2 Å². The molecular formula is C18H18N4O3. The smallest absolute Gasteiger partial charge is 0.276 e. The summed E-state index contributed by atoms with van der Waals surface area (Å²) in [4.78, 5) is 25.4. The number of rotatable bonds is 5. The number of carbonyl (C=O) groups excluding carboxylic acids is 2. The standard InChI is InChI=1S/C18H18N4O3/c1-22(2)16(23)11-25-13-9-7-12(8-10-13)19-18(24)17-14-5-3-4-6-15(14)20-21-17/h3-10H,11H2,1-2H3,(H,19,24)(H,20,21). The molecule has 7 heteroatoms. The Kier molecular flexibility index (Phi) is 4.65. The molecule has 25 heavy (non-hydrogen) atoms. The van der Waals surface area contributed by atoms with E-state index in [1.807, 2.05) is 24.3 Å². The Labute approximate surface area is 144 Å². The molecule has 0 saturated heterocycles. The highest BCUT2D eigenvalue weighted by atomic mass is 16.5. The van der Waals surface area contributed by atoms with E-state index in [2.05, 4.69) is 15.5 Å². The van der Waals surface area contributed by atoms with Gasteiger partial charge in [-0.2, -0.15) is 5.10 Å². The number of hydrogen-bond donors (Lipinski definition) is 2. The number of hydrogen-bond acceptors (Lipinski definition) is 4. The first-order valence-corrected chi connectivity index (χ1v) is 7.72. The van der Waals surface area contributed by atoms with E-state index in [0.717, 1.165) is 10.9 Å². The van der Waals surface area contributed by atoms with E-state index in [4.69, 9.17) is 4.74 Å². The molecular weight excluding hydrogens is 320 g/mol. The molecule has 0 aliphatic heterocycles. The van der Waals surface area contributed by atoms with Crippen molar-refractivity contribution in [1.82, 2.24) is 15.1 Å². The molecule has 3 aromatic rings. The zero-order chi connectivity index (χ0) is 17.8. The highest BCUT2D eigenvalue weighted by Crippen LogP contribution is 2.19. The first-order valence-electron chi connectivity index (χ1n) is 7.72. The van der Waals surface area contributed by atoms with Crippen LogP contribution in [0.1, 0.15) is 10.5 Å². The lowest BCUT2D eigenvalue weighted by Gasteiger charge is -2.11. The normalized spacial score (nSPS) is 10.5. The number of para-hydroxylation sites is 1. The van der Waals surface area contributed by atoms with Crippen molar-refractivity contribution in [2.45, 2.75) is 0 Å². The molecule has 2 N–H and O–H groups in total. The summed E-state index contributed by atoms with van der Waals surface area (Å²) in [5, 5.41) is 10.5. The van der Waals surface area contributed by atoms with E-state index >= 15 is 0 Å². The van der Waals surface area contributed by atoms with Crippen LogP contribution in [0.15, 0.2) is 48.5 Å². The number of carbonyl (C=O) groups is 2. The fraction of sp³-hybridized carbons (Fsp3) is 0.167. The highest BCUT2D eigenvalue weighted by Gasteiger charge is 2.14. The van der Waals surface area contributed by atoms with Crippen molar-refractivity contribution in [2.75, 3.05) is 26.0 Å². The van der Waals surface area contributed by atoms with Gasteiger partial charge in [-0.05, 0) is 30.3 Å². The van der Waals surface area contributed by atoms with E-state index in [1.54, 1.807) is 38.4 Å². The second-order valence-corrected chi connectivity index (χ2v) is 5.67. The number of nitrogens with zero attached hydrogens (tertiary/aromatic N) is 2. The molecule has 128 valence electrons. The first-order chi connectivity index (χ1) is 12.0. The van der Waals surface area contributed by atoms with Gasteiger partial charge in [0.25, 0.3) is 11.8 Å². The zero-order valence-electron chi connectivity index (χ0n) is 13.9. The maximum absolute atomic E-state index is 12.4. The maximum atomic E-state index is 12.4. The summed E-state index contributed by atoms with van der Waals surface area (Å²) in [6, 6.07) is 14.2. The van der Waals surface area contributed by atoms with Crippen LogP contribution in [0.3, 0.4) is 0 Å². The summed E-state index contributed by atoms with van der Waals surface area (Å²) < 4.78 is 5.40. The number of anilines is 1. The summed E-state index contributed by atoms with van der Waals surface area (Å²) >= 11 is 0. The summed E-state index contributed by atoms with van der Waals surface area (Å²) in [5.74, 6) is 0.134. The number of benzene rings is 2. The molecule has 2 aromatic carbocycles. The second kappa shape index (κ2) is 7.04. The molecule has 0 aliphatic rings. The van der Waals surface area contributed by atoms with Crippen molar-refractivity contribution in [2.24, 2.45) is 0 Å². The predicted molar refractivity (Wildman–Crippen MR) is 94.7 cm³/mol. The molecule has 0 radical (unpaired) electrons. The van der Waals surface area contributed by atoms with E-state index in [9.17, 15) is 9.59 Å². The summed E-state index contributed by atoms with van der Waals surface area (Å²) in [7, 11) is 3.34. The SMILES string of the molecule is CN(C)C(=O)COc1ccc(NC(=O)c2n[nH]c3ccccc23)cc1. The number of H-pyrrole nitrogens is 1. The van der Waals surface area contributed by atoms with Crippen molar-refractivity contribution >= 4 is 28.4 Å². The second-order valence-electron chi connectivity index (χ2n) is 5.67. The lowest BCUT2D eigenvalue weighted by molar-refractivity contribution is -0.130. The van der Waals surface area contributed by atoms with Gasteiger partial charge >= 0.3 is 0 Å². The Morgan fingerprint density at radius 1 is 1.12 bits per heavy atom. The molecule has 7 nitrogen and oxygen atoms in total. The minimum atomic E-state index is -0.297. The number of nitrogens with one attached hydrogen (secondary N) is 2. The molecule has 0 unspecified atom stereocenters. The molecule has 1 heterocycles. The topological polar surface area (TPSA) is 87.3 Å². The molecule has 0 atom stereocenters. The molecule has 0 bridgehead atoms. The van der Waals surface area contributed by atoms with Crippen LogP contribution in [0.2, 0.25) is 0 Å². The number of fused-ring (bicyclic) bond motifs is 1. The molecule has 0 aliphatic carbocycles. The molecule has 3 rings (SSSR count). The van der Waals surface area contributed by atoms with E-state index in [-0.39, 0.29) is 18.4 Å². The average Bonchev–Trinajstić information content (AvgIpc) is 3.05.